The van der Waals surface area contributed by atoms with Crippen molar-refractivity contribution in [3.63, 3.8) is 0 Å². The first-order chi connectivity index (χ1) is 8.66. The first kappa shape index (κ1) is 12.8. The van der Waals surface area contributed by atoms with Gasteiger partial charge >= 0.3 is 0 Å². The van der Waals surface area contributed by atoms with Crippen LogP contribution in [0.5, 0.6) is 0 Å². The molecule has 1 aromatic heterocycles. The summed E-state index contributed by atoms with van der Waals surface area (Å²) >= 11 is 0. The molecule has 0 spiro atoms. The van der Waals surface area contributed by atoms with E-state index in [1.807, 2.05) is 0 Å². The van der Waals surface area contributed by atoms with Gasteiger partial charge in [0.25, 0.3) is 11.7 Å². The van der Waals surface area contributed by atoms with Crippen LogP contribution in [0.25, 0.3) is 0 Å². The summed E-state index contributed by atoms with van der Waals surface area (Å²) < 4.78 is 4.91. The Kier molecular flexibility index (Phi) is 4.15. The van der Waals surface area contributed by atoms with Gasteiger partial charge in [0.05, 0.1) is 6.26 Å². The van der Waals surface area contributed by atoms with Crippen molar-refractivity contribution in [3.05, 3.63) is 24.2 Å². The molecule has 1 unspecified atom stereocenters. The quantitative estimate of drug-likeness (QED) is 0.637. The highest BCUT2D eigenvalue weighted by Crippen LogP contribution is 2.13. The number of Topliss-reactive ketones (excluding diaryl/α,β-unsaturated/α-hetero) is 1. The number of nitrogens with zero attached hydrogens (tertiary/aromatic N) is 1. The zero-order valence-corrected chi connectivity index (χ0v) is 10.5. The van der Waals surface area contributed by atoms with E-state index in [9.17, 15) is 9.59 Å². The van der Waals surface area contributed by atoms with Gasteiger partial charge in [-0.2, -0.15) is 0 Å². The predicted molar refractivity (Wildman–Crippen MR) is 66.3 cm³/mol. The molecule has 18 heavy (non-hydrogen) atoms. The van der Waals surface area contributed by atoms with Crippen LogP contribution in [0.15, 0.2) is 22.8 Å². The topological polar surface area (TPSA) is 62.6 Å². The summed E-state index contributed by atoms with van der Waals surface area (Å²) in [5.74, 6) is -0.673. The molecule has 0 aromatic carbocycles. The Morgan fingerprint density at radius 2 is 2.39 bits per heavy atom. The molecule has 0 saturated carbocycles. The average Bonchev–Trinajstić information content (AvgIpc) is 2.89. The second-order valence-electron chi connectivity index (χ2n) is 4.79. The largest absolute Gasteiger partial charge is 0.461 e. The van der Waals surface area contributed by atoms with Crippen molar-refractivity contribution in [3.8, 4) is 0 Å². The molecule has 1 atom stereocenters. The van der Waals surface area contributed by atoms with E-state index in [-0.39, 0.29) is 5.76 Å². The summed E-state index contributed by atoms with van der Waals surface area (Å²) in [5.41, 5.74) is 0. The number of rotatable bonds is 4. The van der Waals surface area contributed by atoms with Crippen LogP contribution in [0.1, 0.15) is 23.4 Å². The molecular formula is C13H18N2O3. The van der Waals surface area contributed by atoms with Crippen molar-refractivity contribution < 1.29 is 14.0 Å². The molecule has 1 aliphatic rings. The number of hydrogen-bond donors (Lipinski definition) is 1. The van der Waals surface area contributed by atoms with Crippen molar-refractivity contribution in [2.24, 2.45) is 5.92 Å². The Balaban J connectivity index is 1.79. The van der Waals surface area contributed by atoms with Gasteiger partial charge in [0, 0.05) is 13.1 Å². The Hall–Kier alpha value is -1.62. The maximum absolute atomic E-state index is 11.6. The molecule has 0 bridgehead atoms. The molecule has 1 amide bonds. The second kappa shape index (κ2) is 5.82. The van der Waals surface area contributed by atoms with E-state index in [0.717, 1.165) is 25.9 Å². The second-order valence-corrected chi connectivity index (χ2v) is 4.79. The summed E-state index contributed by atoms with van der Waals surface area (Å²) in [7, 11) is 2.07. The molecule has 1 N–H and O–H groups in total. The molecule has 5 heteroatoms. The third-order valence-corrected chi connectivity index (χ3v) is 3.22. The van der Waals surface area contributed by atoms with E-state index in [2.05, 4.69) is 17.3 Å². The molecule has 0 aliphatic carbocycles. The van der Waals surface area contributed by atoms with E-state index in [4.69, 9.17) is 4.42 Å². The Morgan fingerprint density at radius 3 is 3.06 bits per heavy atom. The minimum absolute atomic E-state index is 0.0910. The average molecular weight is 250 g/mol. The van der Waals surface area contributed by atoms with Crippen LogP contribution in [0.4, 0.5) is 0 Å². The number of piperidine rings is 1. The first-order valence-electron chi connectivity index (χ1n) is 6.21. The van der Waals surface area contributed by atoms with Gasteiger partial charge in [0.2, 0.25) is 0 Å². The number of ketones is 1. The molecule has 98 valence electrons. The number of nitrogens with one attached hydrogen (secondary N) is 1. The van der Waals surface area contributed by atoms with Gasteiger partial charge in [-0.15, -0.1) is 0 Å². The van der Waals surface area contributed by atoms with Gasteiger partial charge in [-0.1, -0.05) is 0 Å². The molecule has 2 rings (SSSR count). The van der Waals surface area contributed by atoms with Crippen LogP contribution < -0.4 is 5.32 Å². The van der Waals surface area contributed by atoms with Crippen LogP contribution in [-0.2, 0) is 4.79 Å². The zero-order chi connectivity index (χ0) is 13.0. The van der Waals surface area contributed by atoms with Gasteiger partial charge in [-0.3, -0.25) is 9.59 Å². The number of carbonyl (C=O) groups is 2. The van der Waals surface area contributed by atoms with E-state index in [1.165, 1.54) is 12.3 Å². The fourth-order valence-electron chi connectivity index (χ4n) is 2.28. The van der Waals surface area contributed by atoms with Crippen LogP contribution in [0, 0.1) is 5.92 Å². The van der Waals surface area contributed by atoms with Crippen LogP contribution in [-0.4, -0.2) is 43.3 Å². The van der Waals surface area contributed by atoms with Gasteiger partial charge in [0.15, 0.2) is 5.76 Å². The standard InChI is InChI=1S/C13H18N2O3/c1-15-6-2-4-10(9-15)8-14-13(17)12(16)11-5-3-7-18-11/h3,5,7,10H,2,4,6,8-9H2,1H3,(H,14,17). The fourth-order valence-corrected chi connectivity index (χ4v) is 2.28. The predicted octanol–water partition coefficient (Wildman–Crippen LogP) is 0.920. The number of likely N-dealkylation sites (tertiary alicyclic amines) is 1. The van der Waals surface area contributed by atoms with Crippen molar-refractivity contribution in [1.29, 1.82) is 0 Å². The molecule has 1 aliphatic heterocycles. The maximum atomic E-state index is 11.6. The normalized spacial score (nSPS) is 20.6. The number of hydrogen-bond acceptors (Lipinski definition) is 4. The molecule has 1 saturated heterocycles. The third-order valence-electron chi connectivity index (χ3n) is 3.22. The summed E-state index contributed by atoms with van der Waals surface area (Å²) in [4.78, 5) is 25.5. The number of furan rings is 1. The molecule has 0 radical (unpaired) electrons. The number of amides is 1. The molecule has 5 nitrogen and oxygen atoms in total. The summed E-state index contributed by atoms with van der Waals surface area (Å²) in [6.07, 6.45) is 3.62. The lowest BCUT2D eigenvalue weighted by atomic mass is 9.98. The Labute approximate surface area is 106 Å². The van der Waals surface area contributed by atoms with Crippen molar-refractivity contribution >= 4 is 11.7 Å². The summed E-state index contributed by atoms with van der Waals surface area (Å²) in [6, 6.07) is 3.09. The van der Waals surface area contributed by atoms with Gasteiger partial charge in [-0.25, -0.2) is 0 Å². The van der Waals surface area contributed by atoms with Crippen molar-refractivity contribution in [2.45, 2.75) is 12.8 Å². The van der Waals surface area contributed by atoms with Crippen LogP contribution >= 0.6 is 0 Å². The Bertz CT molecular complexity index is 414. The zero-order valence-electron chi connectivity index (χ0n) is 10.5. The lowest BCUT2D eigenvalue weighted by molar-refractivity contribution is -0.117. The monoisotopic (exact) mass is 250 g/mol. The summed E-state index contributed by atoms with van der Waals surface area (Å²) in [6.45, 7) is 2.63. The number of carbonyl (C=O) groups excluding carboxylic acids is 2. The minimum atomic E-state index is -0.607. The minimum Gasteiger partial charge on any atom is -0.461 e. The molecule has 2 heterocycles. The van der Waals surface area contributed by atoms with Gasteiger partial charge in [0.1, 0.15) is 0 Å². The van der Waals surface area contributed by atoms with Gasteiger partial charge < -0.3 is 14.6 Å². The Morgan fingerprint density at radius 1 is 1.56 bits per heavy atom. The molecule has 1 fully saturated rings. The molecular weight excluding hydrogens is 232 g/mol. The van der Waals surface area contributed by atoms with E-state index in [1.54, 1.807) is 6.07 Å². The van der Waals surface area contributed by atoms with Gasteiger partial charge in [-0.05, 0) is 44.5 Å². The molecule has 1 aromatic rings. The SMILES string of the molecule is CN1CCCC(CNC(=O)C(=O)c2ccco2)C1. The lowest BCUT2D eigenvalue weighted by Crippen LogP contribution is -2.41. The first-order valence-corrected chi connectivity index (χ1v) is 6.21. The van der Waals surface area contributed by atoms with E-state index in [0.29, 0.717) is 12.5 Å². The van der Waals surface area contributed by atoms with E-state index < -0.39 is 11.7 Å². The highest BCUT2D eigenvalue weighted by Gasteiger charge is 2.22. The third kappa shape index (κ3) is 3.20. The van der Waals surface area contributed by atoms with Crippen molar-refractivity contribution in [2.75, 3.05) is 26.7 Å². The fraction of sp³-hybridized carbons (Fsp3) is 0.538. The smallest absolute Gasteiger partial charge is 0.295 e. The van der Waals surface area contributed by atoms with E-state index >= 15 is 0 Å². The van der Waals surface area contributed by atoms with Crippen LogP contribution in [0.2, 0.25) is 0 Å². The maximum Gasteiger partial charge on any atom is 0.295 e. The highest BCUT2D eigenvalue weighted by molar-refractivity contribution is 6.42. The van der Waals surface area contributed by atoms with Crippen molar-refractivity contribution in [1.82, 2.24) is 10.2 Å². The highest BCUT2D eigenvalue weighted by atomic mass is 16.3. The summed E-state index contributed by atoms with van der Waals surface area (Å²) in [5, 5.41) is 2.69. The van der Waals surface area contributed by atoms with Crippen LogP contribution in [0.3, 0.4) is 0 Å². The lowest BCUT2D eigenvalue weighted by Gasteiger charge is -2.29.